The molecule has 0 aliphatic carbocycles. The van der Waals surface area contributed by atoms with E-state index in [0.717, 1.165) is 12.8 Å². The lowest BCUT2D eigenvalue weighted by molar-refractivity contribution is -0.141. The second-order valence-electron chi connectivity index (χ2n) is 4.08. The molecule has 0 radical (unpaired) electrons. The van der Waals surface area contributed by atoms with Crippen molar-refractivity contribution in [2.24, 2.45) is 5.73 Å². The van der Waals surface area contributed by atoms with Crippen molar-refractivity contribution in [1.82, 2.24) is 4.90 Å². The Balaban J connectivity index is 4.56. The van der Waals surface area contributed by atoms with E-state index in [0.29, 0.717) is 13.1 Å². The first-order chi connectivity index (χ1) is 7.35. The molecule has 0 spiro atoms. The zero-order chi connectivity index (χ0) is 12.8. The molecule has 0 atom stereocenters. The van der Waals surface area contributed by atoms with E-state index >= 15 is 0 Å². The summed E-state index contributed by atoms with van der Waals surface area (Å²) in [4.78, 5) is 1.86. The SMILES string of the molecule is CCN(CCC(F)(F)F)C(CC)(CC)CN. The van der Waals surface area contributed by atoms with E-state index in [1.165, 1.54) is 0 Å². The van der Waals surface area contributed by atoms with E-state index in [1.54, 1.807) is 0 Å². The van der Waals surface area contributed by atoms with Crippen LogP contribution in [0.4, 0.5) is 13.2 Å². The standard InChI is InChI=1S/C11H23F3N2/c1-4-10(5-2,9-15)16(6-3)8-7-11(12,13)14/h4-9,15H2,1-3H3. The Hall–Kier alpha value is -0.290. The fourth-order valence-electron chi connectivity index (χ4n) is 2.11. The van der Waals surface area contributed by atoms with Gasteiger partial charge in [0.2, 0.25) is 0 Å². The number of rotatable bonds is 7. The summed E-state index contributed by atoms with van der Waals surface area (Å²) in [6.45, 7) is 6.89. The lowest BCUT2D eigenvalue weighted by Crippen LogP contribution is -2.53. The zero-order valence-corrected chi connectivity index (χ0v) is 10.4. The fraction of sp³-hybridized carbons (Fsp3) is 1.00. The maximum absolute atomic E-state index is 12.2. The Morgan fingerprint density at radius 2 is 1.56 bits per heavy atom. The summed E-state index contributed by atoms with van der Waals surface area (Å²) in [5.41, 5.74) is 5.44. The minimum Gasteiger partial charge on any atom is -0.329 e. The van der Waals surface area contributed by atoms with Crippen molar-refractivity contribution in [2.75, 3.05) is 19.6 Å². The van der Waals surface area contributed by atoms with Crippen molar-refractivity contribution in [2.45, 2.75) is 51.7 Å². The van der Waals surface area contributed by atoms with Crippen LogP contribution in [0.1, 0.15) is 40.0 Å². The summed E-state index contributed by atoms with van der Waals surface area (Å²) in [6, 6.07) is 0. The van der Waals surface area contributed by atoms with Crippen molar-refractivity contribution in [3.05, 3.63) is 0 Å². The Morgan fingerprint density at radius 3 is 1.81 bits per heavy atom. The highest BCUT2D eigenvalue weighted by atomic mass is 19.4. The van der Waals surface area contributed by atoms with Crippen LogP contribution in [0.2, 0.25) is 0 Å². The smallest absolute Gasteiger partial charge is 0.329 e. The lowest BCUT2D eigenvalue weighted by Gasteiger charge is -2.42. The molecule has 0 unspecified atom stereocenters. The molecule has 2 N–H and O–H groups in total. The van der Waals surface area contributed by atoms with Crippen LogP contribution < -0.4 is 5.73 Å². The molecule has 0 saturated carbocycles. The van der Waals surface area contributed by atoms with Gasteiger partial charge >= 0.3 is 6.18 Å². The third kappa shape index (κ3) is 4.29. The van der Waals surface area contributed by atoms with E-state index in [-0.39, 0.29) is 12.1 Å². The molecule has 0 aliphatic rings. The first-order valence-corrected chi connectivity index (χ1v) is 5.87. The quantitative estimate of drug-likeness (QED) is 0.741. The van der Waals surface area contributed by atoms with Gasteiger partial charge in [-0.2, -0.15) is 13.2 Å². The Morgan fingerprint density at radius 1 is 1.06 bits per heavy atom. The van der Waals surface area contributed by atoms with Crippen LogP contribution in [0, 0.1) is 0 Å². The summed E-state index contributed by atoms with van der Waals surface area (Å²) >= 11 is 0. The fourth-order valence-corrected chi connectivity index (χ4v) is 2.11. The molecular formula is C11H23F3N2. The summed E-state index contributed by atoms with van der Waals surface area (Å²) < 4.78 is 36.6. The van der Waals surface area contributed by atoms with Crippen LogP contribution in [0.3, 0.4) is 0 Å². The monoisotopic (exact) mass is 240 g/mol. The van der Waals surface area contributed by atoms with Gasteiger partial charge in [0.05, 0.1) is 6.42 Å². The summed E-state index contributed by atoms with van der Waals surface area (Å²) in [7, 11) is 0. The molecule has 16 heavy (non-hydrogen) atoms. The molecule has 5 heteroatoms. The lowest BCUT2D eigenvalue weighted by atomic mass is 9.90. The highest BCUT2D eigenvalue weighted by Crippen LogP contribution is 2.26. The van der Waals surface area contributed by atoms with Gasteiger partial charge in [-0.3, -0.25) is 4.90 Å². The normalized spacial score (nSPS) is 13.5. The Bertz CT molecular complexity index is 180. The van der Waals surface area contributed by atoms with Gasteiger partial charge in [0.1, 0.15) is 0 Å². The van der Waals surface area contributed by atoms with Crippen molar-refractivity contribution in [1.29, 1.82) is 0 Å². The summed E-state index contributed by atoms with van der Waals surface area (Å²) in [5, 5.41) is 0. The van der Waals surface area contributed by atoms with Gasteiger partial charge in [0.15, 0.2) is 0 Å². The van der Waals surface area contributed by atoms with E-state index < -0.39 is 12.6 Å². The third-order valence-electron chi connectivity index (χ3n) is 3.41. The number of nitrogens with two attached hydrogens (primary N) is 1. The number of nitrogens with zero attached hydrogens (tertiary/aromatic N) is 1. The number of halogens is 3. The van der Waals surface area contributed by atoms with Crippen LogP contribution in [0.15, 0.2) is 0 Å². The van der Waals surface area contributed by atoms with Gasteiger partial charge in [-0.25, -0.2) is 0 Å². The minimum atomic E-state index is -4.09. The van der Waals surface area contributed by atoms with E-state index in [1.807, 2.05) is 25.7 Å². The summed E-state index contributed by atoms with van der Waals surface area (Å²) in [6.07, 6.45) is -3.28. The molecule has 0 aromatic rings. The zero-order valence-electron chi connectivity index (χ0n) is 10.4. The largest absolute Gasteiger partial charge is 0.390 e. The maximum atomic E-state index is 12.2. The molecule has 0 aromatic heterocycles. The molecular weight excluding hydrogens is 217 g/mol. The van der Waals surface area contributed by atoms with Crippen LogP contribution in [-0.4, -0.2) is 36.2 Å². The average molecular weight is 240 g/mol. The maximum Gasteiger partial charge on any atom is 0.390 e. The summed E-state index contributed by atoms with van der Waals surface area (Å²) in [5.74, 6) is 0. The van der Waals surface area contributed by atoms with Crippen molar-refractivity contribution < 1.29 is 13.2 Å². The second-order valence-corrected chi connectivity index (χ2v) is 4.08. The Labute approximate surface area is 96.0 Å². The van der Waals surface area contributed by atoms with Gasteiger partial charge in [-0.05, 0) is 19.4 Å². The average Bonchev–Trinajstić information content (AvgIpc) is 2.23. The molecule has 0 aliphatic heterocycles. The number of hydrogen-bond donors (Lipinski definition) is 1. The van der Waals surface area contributed by atoms with Gasteiger partial charge in [0.25, 0.3) is 0 Å². The van der Waals surface area contributed by atoms with Crippen LogP contribution >= 0.6 is 0 Å². The molecule has 0 heterocycles. The van der Waals surface area contributed by atoms with Gasteiger partial charge in [-0.15, -0.1) is 0 Å². The molecule has 2 nitrogen and oxygen atoms in total. The third-order valence-corrected chi connectivity index (χ3v) is 3.41. The molecule has 0 aromatic carbocycles. The Kier molecular flexibility index (Phi) is 6.33. The predicted octanol–water partition coefficient (Wildman–Crippen LogP) is 2.78. The van der Waals surface area contributed by atoms with Crippen molar-refractivity contribution in [3.63, 3.8) is 0 Å². The predicted molar refractivity (Wildman–Crippen MR) is 60.3 cm³/mol. The molecule has 98 valence electrons. The number of alkyl halides is 3. The highest BCUT2D eigenvalue weighted by Gasteiger charge is 2.34. The number of likely N-dealkylation sites (N-methyl/N-ethyl adjacent to an activating group) is 1. The first-order valence-electron chi connectivity index (χ1n) is 5.87. The van der Waals surface area contributed by atoms with Crippen LogP contribution in [0.25, 0.3) is 0 Å². The topological polar surface area (TPSA) is 29.3 Å². The molecule has 0 bridgehead atoms. The van der Waals surface area contributed by atoms with Crippen molar-refractivity contribution >= 4 is 0 Å². The second kappa shape index (κ2) is 6.45. The van der Waals surface area contributed by atoms with E-state index in [4.69, 9.17) is 5.73 Å². The van der Waals surface area contributed by atoms with Crippen LogP contribution in [-0.2, 0) is 0 Å². The highest BCUT2D eigenvalue weighted by molar-refractivity contribution is 4.89. The van der Waals surface area contributed by atoms with E-state index in [9.17, 15) is 13.2 Å². The molecule has 0 amide bonds. The van der Waals surface area contributed by atoms with Crippen LogP contribution in [0.5, 0.6) is 0 Å². The van der Waals surface area contributed by atoms with Crippen molar-refractivity contribution in [3.8, 4) is 0 Å². The van der Waals surface area contributed by atoms with Gasteiger partial charge in [0, 0.05) is 18.6 Å². The molecule has 0 fully saturated rings. The molecule has 0 saturated heterocycles. The van der Waals surface area contributed by atoms with E-state index in [2.05, 4.69) is 0 Å². The molecule has 0 rings (SSSR count). The first kappa shape index (κ1) is 15.7. The van der Waals surface area contributed by atoms with Gasteiger partial charge < -0.3 is 5.73 Å². The number of hydrogen-bond acceptors (Lipinski definition) is 2. The van der Waals surface area contributed by atoms with Gasteiger partial charge in [-0.1, -0.05) is 20.8 Å². The minimum absolute atomic E-state index is 0.0406.